The predicted molar refractivity (Wildman–Crippen MR) is 80.8 cm³/mol. The second-order valence-electron chi connectivity index (χ2n) is 5.56. The van der Waals surface area contributed by atoms with Gasteiger partial charge in [-0.2, -0.15) is 26.3 Å². The number of amides is 3. The number of aliphatic carboxylic acids is 1. The van der Waals surface area contributed by atoms with Crippen molar-refractivity contribution in [3.63, 3.8) is 0 Å². The van der Waals surface area contributed by atoms with Gasteiger partial charge in [-0.05, 0) is 25.7 Å². The van der Waals surface area contributed by atoms with Crippen LogP contribution in [-0.4, -0.2) is 60.3 Å². The number of carbonyl (C=O) groups is 4. The highest BCUT2D eigenvalue weighted by atomic mass is 19.4. The van der Waals surface area contributed by atoms with Crippen molar-refractivity contribution in [3.8, 4) is 0 Å². The van der Waals surface area contributed by atoms with Crippen LogP contribution in [0.2, 0.25) is 0 Å². The van der Waals surface area contributed by atoms with Gasteiger partial charge in [-0.1, -0.05) is 0 Å². The fourth-order valence-corrected chi connectivity index (χ4v) is 1.84. The smallest absolute Gasteiger partial charge is 0.471 e. The second-order valence-corrected chi connectivity index (χ2v) is 5.56. The van der Waals surface area contributed by atoms with Gasteiger partial charge in [0.25, 0.3) is 0 Å². The normalized spacial score (nSPS) is 12.8. The van der Waals surface area contributed by atoms with E-state index >= 15 is 0 Å². The Kier molecular flexibility index (Phi) is 10.3. The minimum absolute atomic E-state index is 0.0381. The lowest BCUT2D eigenvalue weighted by atomic mass is 10.1. The van der Waals surface area contributed by atoms with Crippen molar-refractivity contribution in [2.75, 3.05) is 13.1 Å². The molecule has 0 aromatic heterocycles. The molecule has 8 nitrogen and oxygen atoms in total. The number of carboxylic acid groups (broad SMARTS) is 1. The molecule has 162 valence electrons. The summed E-state index contributed by atoms with van der Waals surface area (Å²) in [4.78, 5) is 43.8. The van der Waals surface area contributed by atoms with Crippen molar-refractivity contribution in [1.82, 2.24) is 16.0 Å². The van der Waals surface area contributed by atoms with Gasteiger partial charge in [0.15, 0.2) is 0 Å². The lowest BCUT2D eigenvalue weighted by molar-refractivity contribution is -0.173. The third kappa shape index (κ3) is 11.2. The van der Waals surface area contributed by atoms with E-state index in [-0.39, 0.29) is 38.6 Å². The summed E-state index contributed by atoms with van der Waals surface area (Å²) in [7, 11) is 0. The summed E-state index contributed by atoms with van der Waals surface area (Å²) in [5, 5.41) is 14.2. The third-order valence-corrected chi connectivity index (χ3v) is 3.22. The van der Waals surface area contributed by atoms with Gasteiger partial charge in [-0.15, -0.1) is 0 Å². The Labute approximate surface area is 155 Å². The fourth-order valence-electron chi connectivity index (χ4n) is 1.84. The molecule has 0 aliphatic carbocycles. The summed E-state index contributed by atoms with van der Waals surface area (Å²) >= 11 is 0. The quantitative estimate of drug-likeness (QED) is 0.290. The molecule has 28 heavy (non-hydrogen) atoms. The summed E-state index contributed by atoms with van der Waals surface area (Å²) in [6.45, 7) is -0.774. The summed E-state index contributed by atoms with van der Waals surface area (Å²) < 4.78 is 71.7. The second kappa shape index (κ2) is 11.3. The molecule has 0 aliphatic rings. The first-order valence-corrected chi connectivity index (χ1v) is 7.97. The first kappa shape index (κ1) is 25.5. The number of carboxylic acids is 1. The maximum Gasteiger partial charge on any atom is 0.471 e. The Morgan fingerprint density at radius 3 is 1.68 bits per heavy atom. The molecule has 0 saturated carbocycles. The molecule has 1 unspecified atom stereocenters. The molecular weight excluding hydrogens is 404 g/mol. The van der Waals surface area contributed by atoms with E-state index in [0.29, 0.717) is 0 Å². The number of hydrogen-bond donors (Lipinski definition) is 4. The first-order chi connectivity index (χ1) is 12.7. The highest BCUT2D eigenvalue weighted by molar-refractivity contribution is 5.83. The zero-order chi connectivity index (χ0) is 22.0. The molecule has 0 heterocycles. The topological polar surface area (TPSA) is 125 Å². The summed E-state index contributed by atoms with van der Waals surface area (Å²) in [5.74, 6) is -6.44. The van der Waals surface area contributed by atoms with Gasteiger partial charge in [0.1, 0.15) is 6.04 Å². The van der Waals surface area contributed by atoms with Gasteiger partial charge in [-0.3, -0.25) is 14.4 Å². The highest BCUT2D eigenvalue weighted by Crippen LogP contribution is 2.14. The first-order valence-electron chi connectivity index (χ1n) is 7.97. The van der Waals surface area contributed by atoms with E-state index in [0.717, 1.165) is 0 Å². The largest absolute Gasteiger partial charge is 0.480 e. The third-order valence-electron chi connectivity index (χ3n) is 3.22. The summed E-state index contributed by atoms with van der Waals surface area (Å²) in [6, 6.07) is -1.40. The molecular formula is C14H19F6N3O5. The van der Waals surface area contributed by atoms with Crippen LogP contribution in [0.15, 0.2) is 0 Å². The maximum absolute atomic E-state index is 12.0. The molecule has 0 aliphatic heterocycles. The zero-order valence-electron chi connectivity index (χ0n) is 14.4. The van der Waals surface area contributed by atoms with Crippen LogP contribution >= 0.6 is 0 Å². The molecule has 3 amide bonds. The molecule has 0 rings (SSSR count). The van der Waals surface area contributed by atoms with E-state index in [1.807, 2.05) is 0 Å². The Bertz CT molecular complexity index is 565. The molecule has 4 N–H and O–H groups in total. The number of rotatable bonds is 11. The van der Waals surface area contributed by atoms with Crippen molar-refractivity contribution in [3.05, 3.63) is 0 Å². The Hall–Kier alpha value is -2.54. The van der Waals surface area contributed by atoms with Gasteiger partial charge in [0.2, 0.25) is 5.91 Å². The van der Waals surface area contributed by atoms with Gasteiger partial charge in [0, 0.05) is 19.5 Å². The standard InChI is InChI=1S/C14H19F6N3O5/c15-13(16,17)11(27)21-6-2-1-5-9(24)23-8(10(25)26)4-3-7-22-12(28)14(18,19)20/h8H,1-7H2,(H,21,27)(H,22,28)(H,23,24)(H,25,26). The average Bonchev–Trinajstić information content (AvgIpc) is 2.54. The summed E-state index contributed by atoms with van der Waals surface area (Å²) in [6.07, 6.45) is -10.6. The van der Waals surface area contributed by atoms with Crippen LogP contribution in [0.1, 0.15) is 32.1 Å². The van der Waals surface area contributed by atoms with Crippen LogP contribution in [0, 0.1) is 0 Å². The monoisotopic (exact) mass is 423 g/mol. The number of nitrogens with one attached hydrogen (secondary N) is 3. The number of halogens is 6. The minimum Gasteiger partial charge on any atom is -0.480 e. The van der Waals surface area contributed by atoms with Crippen molar-refractivity contribution in [1.29, 1.82) is 0 Å². The minimum atomic E-state index is -5.06. The maximum atomic E-state index is 12.0. The molecule has 0 fully saturated rings. The number of carbonyl (C=O) groups excluding carboxylic acids is 3. The number of unbranched alkanes of at least 4 members (excludes halogenated alkanes) is 1. The van der Waals surface area contributed by atoms with Crippen molar-refractivity contribution in [2.24, 2.45) is 0 Å². The van der Waals surface area contributed by atoms with E-state index in [4.69, 9.17) is 5.11 Å². The lowest BCUT2D eigenvalue weighted by Crippen LogP contribution is -2.42. The van der Waals surface area contributed by atoms with E-state index < -0.39 is 48.6 Å². The van der Waals surface area contributed by atoms with Gasteiger partial charge in [0.05, 0.1) is 0 Å². The highest BCUT2D eigenvalue weighted by Gasteiger charge is 2.38. The molecule has 14 heteroatoms. The molecule has 0 bridgehead atoms. The van der Waals surface area contributed by atoms with E-state index in [1.165, 1.54) is 0 Å². The van der Waals surface area contributed by atoms with E-state index in [2.05, 4.69) is 5.32 Å². The molecule has 0 spiro atoms. The summed E-state index contributed by atoms with van der Waals surface area (Å²) in [5.41, 5.74) is 0. The Morgan fingerprint density at radius 2 is 1.25 bits per heavy atom. The van der Waals surface area contributed by atoms with E-state index in [9.17, 15) is 45.5 Å². The van der Waals surface area contributed by atoms with Crippen LogP contribution in [0.5, 0.6) is 0 Å². The predicted octanol–water partition coefficient (Wildman–Crippen LogP) is 0.863. The molecule has 0 aromatic carbocycles. The van der Waals surface area contributed by atoms with Crippen LogP contribution < -0.4 is 16.0 Å². The molecule has 0 radical (unpaired) electrons. The van der Waals surface area contributed by atoms with Crippen LogP contribution in [0.3, 0.4) is 0 Å². The van der Waals surface area contributed by atoms with Crippen molar-refractivity contribution >= 4 is 23.7 Å². The lowest BCUT2D eigenvalue weighted by Gasteiger charge is -2.15. The van der Waals surface area contributed by atoms with Crippen molar-refractivity contribution in [2.45, 2.75) is 50.5 Å². The Balaban J connectivity index is 4.09. The van der Waals surface area contributed by atoms with Crippen LogP contribution in [0.25, 0.3) is 0 Å². The van der Waals surface area contributed by atoms with Gasteiger partial charge < -0.3 is 21.1 Å². The molecule has 1 atom stereocenters. The van der Waals surface area contributed by atoms with Gasteiger partial charge >= 0.3 is 30.1 Å². The van der Waals surface area contributed by atoms with Crippen molar-refractivity contribution < 1.29 is 50.6 Å². The fraction of sp³-hybridized carbons (Fsp3) is 0.714. The van der Waals surface area contributed by atoms with E-state index in [1.54, 1.807) is 10.6 Å². The molecule has 0 saturated heterocycles. The number of hydrogen-bond acceptors (Lipinski definition) is 4. The molecule has 0 aromatic rings. The SMILES string of the molecule is O=C(CCCCNC(=O)C(F)(F)F)NC(CCCNC(=O)C(F)(F)F)C(=O)O. The number of alkyl halides is 6. The van der Waals surface area contributed by atoms with Gasteiger partial charge in [-0.25, -0.2) is 4.79 Å². The average molecular weight is 423 g/mol. The van der Waals surface area contributed by atoms with Crippen LogP contribution in [-0.2, 0) is 19.2 Å². The zero-order valence-corrected chi connectivity index (χ0v) is 14.4. The Morgan fingerprint density at radius 1 is 0.786 bits per heavy atom. The van der Waals surface area contributed by atoms with Crippen LogP contribution in [0.4, 0.5) is 26.3 Å².